The molecule has 5 nitrogen and oxygen atoms in total. The van der Waals surface area contributed by atoms with Crippen LogP contribution in [0.15, 0.2) is 30.3 Å². The number of hydrogen-bond acceptors (Lipinski definition) is 4. The second-order valence-corrected chi connectivity index (χ2v) is 6.97. The molecule has 0 saturated heterocycles. The van der Waals surface area contributed by atoms with Gasteiger partial charge in [0, 0.05) is 19.1 Å². The Morgan fingerprint density at radius 2 is 1.87 bits per heavy atom. The summed E-state index contributed by atoms with van der Waals surface area (Å²) >= 11 is 0. The number of amides is 1. The Balaban J connectivity index is 1.48. The Labute approximate surface area is 138 Å². The largest absolute Gasteiger partial charge is 0.444 e. The fourth-order valence-electron chi connectivity index (χ4n) is 2.41. The van der Waals surface area contributed by atoms with Crippen LogP contribution >= 0.6 is 0 Å². The Kier molecular flexibility index (Phi) is 6.42. The molecule has 1 fully saturated rings. The quantitative estimate of drug-likeness (QED) is 0.759. The van der Waals surface area contributed by atoms with E-state index in [1.165, 1.54) is 5.56 Å². The highest BCUT2D eigenvalue weighted by atomic mass is 16.6. The summed E-state index contributed by atoms with van der Waals surface area (Å²) in [7, 11) is 0. The predicted molar refractivity (Wildman–Crippen MR) is 90.3 cm³/mol. The first-order chi connectivity index (χ1) is 10.9. The molecule has 128 valence electrons. The van der Waals surface area contributed by atoms with Gasteiger partial charge < -0.3 is 20.1 Å². The molecule has 0 heterocycles. The average molecular weight is 320 g/mol. The van der Waals surface area contributed by atoms with Crippen LogP contribution in [0.1, 0.15) is 39.2 Å². The lowest BCUT2D eigenvalue weighted by molar-refractivity contribution is -0.0264. The summed E-state index contributed by atoms with van der Waals surface area (Å²) in [6.45, 7) is 7.56. The fourth-order valence-corrected chi connectivity index (χ4v) is 2.41. The van der Waals surface area contributed by atoms with Crippen LogP contribution in [0.5, 0.6) is 0 Å². The Hall–Kier alpha value is -1.59. The first-order valence-corrected chi connectivity index (χ1v) is 8.28. The SMILES string of the molecule is CC(C)(C)OC(=O)NCCNC1CC(OCc2ccccc2)C1. The monoisotopic (exact) mass is 320 g/mol. The maximum absolute atomic E-state index is 11.5. The summed E-state index contributed by atoms with van der Waals surface area (Å²) in [5.74, 6) is 0. The number of carbonyl (C=O) groups excluding carboxylic acids is 1. The second kappa shape index (κ2) is 8.31. The van der Waals surface area contributed by atoms with Crippen LogP contribution in [-0.4, -0.2) is 36.9 Å². The Morgan fingerprint density at radius 3 is 2.52 bits per heavy atom. The lowest BCUT2D eigenvalue weighted by Gasteiger charge is -2.35. The maximum atomic E-state index is 11.5. The molecule has 0 unspecified atom stereocenters. The molecule has 1 aliphatic rings. The normalized spacial score (nSPS) is 20.7. The van der Waals surface area contributed by atoms with E-state index in [0.29, 0.717) is 25.3 Å². The molecule has 0 aromatic heterocycles. The van der Waals surface area contributed by atoms with Crippen molar-refractivity contribution in [3.05, 3.63) is 35.9 Å². The van der Waals surface area contributed by atoms with Crippen molar-refractivity contribution in [3.8, 4) is 0 Å². The van der Waals surface area contributed by atoms with Gasteiger partial charge in [-0.2, -0.15) is 0 Å². The lowest BCUT2D eigenvalue weighted by Crippen LogP contribution is -2.47. The van der Waals surface area contributed by atoms with E-state index in [4.69, 9.17) is 9.47 Å². The number of alkyl carbamates (subject to hydrolysis) is 1. The average Bonchev–Trinajstić information content (AvgIpc) is 2.43. The smallest absolute Gasteiger partial charge is 0.407 e. The molecular weight excluding hydrogens is 292 g/mol. The minimum atomic E-state index is -0.450. The van der Waals surface area contributed by atoms with Crippen molar-refractivity contribution in [2.45, 2.75) is 58.0 Å². The van der Waals surface area contributed by atoms with Crippen LogP contribution in [-0.2, 0) is 16.1 Å². The van der Waals surface area contributed by atoms with Gasteiger partial charge in [0.1, 0.15) is 5.60 Å². The van der Waals surface area contributed by atoms with Gasteiger partial charge in [-0.1, -0.05) is 30.3 Å². The van der Waals surface area contributed by atoms with E-state index in [1.807, 2.05) is 39.0 Å². The number of nitrogens with one attached hydrogen (secondary N) is 2. The zero-order chi connectivity index (χ0) is 16.7. The van der Waals surface area contributed by atoms with E-state index in [0.717, 1.165) is 19.4 Å². The molecule has 2 N–H and O–H groups in total. The predicted octanol–water partition coefficient (Wildman–Crippen LogP) is 2.85. The summed E-state index contributed by atoms with van der Waals surface area (Å²) in [6.07, 6.45) is 2.03. The zero-order valence-electron chi connectivity index (χ0n) is 14.3. The van der Waals surface area contributed by atoms with Gasteiger partial charge in [-0.3, -0.25) is 0 Å². The molecule has 0 atom stereocenters. The van der Waals surface area contributed by atoms with Gasteiger partial charge in [-0.05, 0) is 39.2 Å². The molecule has 1 aromatic carbocycles. The third-order valence-electron chi connectivity index (χ3n) is 3.65. The van der Waals surface area contributed by atoms with Gasteiger partial charge in [0.05, 0.1) is 12.7 Å². The molecule has 0 aliphatic heterocycles. The Bertz CT molecular complexity index is 479. The van der Waals surface area contributed by atoms with E-state index >= 15 is 0 Å². The van der Waals surface area contributed by atoms with Gasteiger partial charge in [0.2, 0.25) is 0 Å². The van der Waals surface area contributed by atoms with Crippen LogP contribution in [0.25, 0.3) is 0 Å². The molecule has 0 bridgehead atoms. The second-order valence-electron chi connectivity index (χ2n) is 6.97. The molecule has 0 spiro atoms. The van der Waals surface area contributed by atoms with E-state index in [9.17, 15) is 4.79 Å². The topological polar surface area (TPSA) is 59.6 Å². The van der Waals surface area contributed by atoms with Crippen molar-refractivity contribution < 1.29 is 14.3 Å². The van der Waals surface area contributed by atoms with Gasteiger partial charge >= 0.3 is 6.09 Å². The first kappa shape index (κ1) is 17.8. The summed E-state index contributed by atoms with van der Waals surface area (Å²) in [5, 5.41) is 6.16. The molecule has 1 saturated carbocycles. The molecule has 0 radical (unpaired) electrons. The van der Waals surface area contributed by atoms with Gasteiger partial charge in [-0.15, -0.1) is 0 Å². The van der Waals surface area contributed by atoms with Crippen LogP contribution in [0.3, 0.4) is 0 Å². The minimum absolute atomic E-state index is 0.339. The number of rotatable bonds is 7. The minimum Gasteiger partial charge on any atom is -0.444 e. The van der Waals surface area contributed by atoms with Crippen LogP contribution in [0, 0.1) is 0 Å². The molecule has 5 heteroatoms. The van der Waals surface area contributed by atoms with Crippen LogP contribution in [0.4, 0.5) is 4.79 Å². The number of benzene rings is 1. The van der Waals surface area contributed by atoms with Crippen molar-refractivity contribution in [2.75, 3.05) is 13.1 Å². The third-order valence-corrected chi connectivity index (χ3v) is 3.65. The van der Waals surface area contributed by atoms with Gasteiger partial charge in [-0.25, -0.2) is 4.79 Å². The van der Waals surface area contributed by atoms with Crippen molar-refractivity contribution in [1.82, 2.24) is 10.6 Å². The van der Waals surface area contributed by atoms with E-state index in [1.54, 1.807) is 0 Å². The molecule has 1 amide bonds. The highest BCUT2D eigenvalue weighted by molar-refractivity contribution is 5.67. The molecular formula is C18H28N2O3. The van der Waals surface area contributed by atoms with Crippen molar-refractivity contribution in [2.24, 2.45) is 0 Å². The summed E-state index contributed by atoms with van der Waals surface area (Å²) in [6, 6.07) is 10.7. The molecule has 1 aromatic rings. The van der Waals surface area contributed by atoms with Crippen LogP contribution in [0.2, 0.25) is 0 Å². The van der Waals surface area contributed by atoms with Gasteiger partial charge in [0.25, 0.3) is 0 Å². The third kappa shape index (κ3) is 7.01. The Morgan fingerprint density at radius 1 is 1.17 bits per heavy atom. The summed E-state index contributed by atoms with van der Waals surface area (Å²) in [5.41, 5.74) is 0.764. The fraction of sp³-hybridized carbons (Fsp3) is 0.611. The van der Waals surface area contributed by atoms with Crippen molar-refractivity contribution in [1.29, 1.82) is 0 Å². The summed E-state index contributed by atoms with van der Waals surface area (Å²) in [4.78, 5) is 11.5. The standard InChI is InChI=1S/C18H28N2O3/c1-18(2,3)23-17(21)20-10-9-19-15-11-16(12-15)22-13-14-7-5-4-6-8-14/h4-8,15-16,19H,9-13H2,1-3H3,(H,20,21). The number of carbonyl (C=O) groups is 1. The van der Waals surface area contributed by atoms with Crippen molar-refractivity contribution >= 4 is 6.09 Å². The van der Waals surface area contributed by atoms with Crippen molar-refractivity contribution in [3.63, 3.8) is 0 Å². The molecule has 2 rings (SSSR count). The summed E-state index contributed by atoms with van der Waals surface area (Å²) < 4.78 is 11.0. The lowest BCUT2D eigenvalue weighted by atomic mass is 9.89. The zero-order valence-corrected chi connectivity index (χ0v) is 14.3. The van der Waals surface area contributed by atoms with E-state index in [2.05, 4.69) is 22.8 Å². The number of ether oxygens (including phenoxy) is 2. The molecule has 23 heavy (non-hydrogen) atoms. The highest BCUT2D eigenvalue weighted by Gasteiger charge is 2.29. The van der Waals surface area contributed by atoms with Crippen LogP contribution < -0.4 is 10.6 Å². The maximum Gasteiger partial charge on any atom is 0.407 e. The van der Waals surface area contributed by atoms with E-state index in [-0.39, 0.29) is 6.09 Å². The molecule has 1 aliphatic carbocycles. The highest BCUT2D eigenvalue weighted by Crippen LogP contribution is 2.24. The number of hydrogen-bond donors (Lipinski definition) is 2. The van der Waals surface area contributed by atoms with Gasteiger partial charge in [0.15, 0.2) is 0 Å². The first-order valence-electron chi connectivity index (χ1n) is 8.28. The van der Waals surface area contributed by atoms with E-state index < -0.39 is 5.60 Å².